The lowest BCUT2D eigenvalue weighted by atomic mass is 10.2. The topological polar surface area (TPSA) is 61.4 Å². The number of benzene rings is 2. The number of para-hydroxylation sites is 1. The lowest BCUT2D eigenvalue weighted by Crippen LogP contribution is -2.46. The zero-order chi connectivity index (χ0) is 18.9. The number of carbonyl (C=O) groups is 2. The Kier molecular flexibility index (Phi) is 7.36. The van der Waals surface area contributed by atoms with Gasteiger partial charge in [0, 0.05) is 11.4 Å². The summed E-state index contributed by atoms with van der Waals surface area (Å²) in [7, 11) is 0. The van der Waals surface area contributed by atoms with Crippen molar-refractivity contribution in [3.05, 3.63) is 60.2 Å². The van der Waals surface area contributed by atoms with Gasteiger partial charge in [-0.05, 0) is 51.1 Å². The van der Waals surface area contributed by atoms with Crippen LogP contribution in [0.1, 0.15) is 25.8 Å². The second kappa shape index (κ2) is 9.73. The number of anilines is 2. The molecule has 0 saturated carbocycles. The molecule has 2 aromatic carbocycles. The highest BCUT2D eigenvalue weighted by Gasteiger charge is 2.23. The molecule has 5 heteroatoms. The number of nitrogens with one attached hydrogen (secondary N) is 2. The molecule has 26 heavy (non-hydrogen) atoms. The first kappa shape index (κ1) is 19.7. The third kappa shape index (κ3) is 6.01. The molecule has 0 aliphatic rings. The fourth-order valence-electron chi connectivity index (χ4n) is 2.65. The number of hydrogen-bond acceptors (Lipinski definition) is 3. The van der Waals surface area contributed by atoms with E-state index in [4.69, 9.17) is 0 Å². The fourth-order valence-corrected chi connectivity index (χ4v) is 2.65. The van der Waals surface area contributed by atoms with Crippen LogP contribution in [0, 0.1) is 6.92 Å². The van der Waals surface area contributed by atoms with Crippen molar-refractivity contribution in [3.8, 4) is 0 Å². The maximum absolute atomic E-state index is 12.5. The highest BCUT2D eigenvalue weighted by molar-refractivity contribution is 5.96. The first-order chi connectivity index (χ1) is 12.5. The minimum absolute atomic E-state index is 0.118. The van der Waals surface area contributed by atoms with Crippen molar-refractivity contribution in [1.29, 1.82) is 0 Å². The molecule has 2 N–H and O–H groups in total. The summed E-state index contributed by atoms with van der Waals surface area (Å²) in [5.74, 6) is -0.241. The minimum atomic E-state index is -0.404. The van der Waals surface area contributed by atoms with Crippen molar-refractivity contribution in [2.45, 2.75) is 33.2 Å². The molecule has 1 unspecified atom stereocenters. The summed E-state index contributed by atoms with van der Waals surface area (Å²) < 4.78 is 0. The van der Waals surface area contributed by atoms with Gasteiger partial charge in [0.2, 0.25) is 11.8 Å². The number of nitrogens with zero attached hydrogens (tertiary/aromatic N) is 1. The number of carbonyl (C=O) groups excluding carboxylic acids is 2. The Morgan fingerprint density at radius 3 is 2.19 bits per heavy atom. The standard InChI is InChI=1S/C21H27N3O2/c1-4-14-24(15-20(25)22-19-12-10-16(2)11-13-19)17(3)21(26)23-18-8-6-5-7-9-18/h5-13,17H,4,14-15H2,1-3H3,(H,22,25)(H,23,26). The SMILES string of the molecule is CCCN(CC(=O)Nc1ccc(C)cc1)C(C)C(=O)Nc1ccccc1. The average molecular weight is 353 g/mol. The third-order valence-electron chi connectivity index (χ3n) is 4.16. The van der Waals surface area contributed by atoms with E-state index in [-0.39, 0.29) is 18.4 Å². The predicted molar refractivity (Wildman–Crippen MR) is 106 cm³/mol. The predicted octanol–water partition coefficient (Wildman–Crippen LogP) is 3.67. The van der Waals surface area contributed by atoms with Crippen LogP contribution in [-0.4, -0.2) is 35.8 Å². The lowest BCUT2D eigenvalue weighted by Gasteiger charge is -2.27. The van der Waals surface area contributed by atoms with Gasteiger partial charge in [0.05, 0.1) is 12.6 Å². The molecular weight excluding hydrogens is 326 g/mol. The summed E-state index contributed by atoms with van der Waals surface area (Å²) in [5, 5.41) is 5.79. The number of amides is 2. The molecule has 0 saturated heterocycles. The molecule has 2 amide bonds. The van der Waals surface area contributed by atoms with Crippen LogP contribution in [-0.2, 0) is 9.59 Å². The molecule has 0 heterocycles. The Labute approximate surface area is 155 Å². The molecule has 2 aromatic rings. The smallest absolute Gasteiger partial charge is 0.241 e. The highest BCUT2D eigenvalue weighted by atomic mass is 16.2. The van der Waals surface area contributed by atoms with Gasteiger partial charge in [-0.15, -0.1) is 0 Å². The monoisotopic (exact) mass is 353 g/mol. The van der Waals surface area contributed by atoms with E-state index in [1.807, 2.05) is 80.3 Å². The van der Waals surface area contributed by atoms with Crippen molar-refractivity contribution >= 4 is 23.2 Å². The van der Waals surface area contributed by atoms with Crippen LogP contribution in [0.3, 0.4) is 0 Å². The zero-order valence-corrected chi connectivity index (χ0v) is 15.7. The Bertz CT molecular complexity index is 714. The molecule has 5 nitrogen and oxygen atoms in total. The highest BCUT2D eigenvalue weighted by Crippen LogP contribution is 2.11. The molecule has 0 fully saturated rings. The molecule has 0 aromatic heterocycles. The lowest BCUT2D eigenvalue weighted by molar-refractivity contribution is -0.123. The van der Waals surface area contributed by atoms with Gasteiger partial charge in [0.15, 0.2) is 0 Å². The van der Waals surface area contributed by atoms with Crippen LogP contribution in [0.5, 0.6) is 0 Å². The van der Waals surface area contributed by atoms with E-state index in [2.05, 4.69) is 10.6 Å². The molecule has 0 aliphatic carbocycles. The van der Waals surface area contributed by atoms with Crippen LogP contribution >= 0.6 is 0 Å². The second-order valence-corrected chi connectivity index (χ2v) is 6.42. The molecule has 138 valence electrons. The van der Waals surface area contributed by atoms with E-state index in [0.717, 1.165) is 23.4 Å². The summed E-state index contributed by atoms with van der Waals surface area (Å²) >= 11 is 0. The Morgan fingerprint density at radius 2 is 1.58 bits per heavy atom. The number of rotatable bonds is 8. The van der Waals surface area contributed by atoms with Gasteiger partial charge in [0.25, 0.3) is 0 Å². The molecule has 1 atom stereocenters. The maximum Gasteiger partial charge on any atom is 0.241 e. The normalized spacial score (nSPS) is 11.8. The molecule has 0 radical (unpaired) electrons. The first-order valence-electron chi connectivity index (χ1n) is 8.96. The van der Waals surface area contributed by atoms with Crippen molar-refractivity contribution in [3.63, 3.8) is 0 Å². The van der Waals surface area contributed by atoms with Gasteiger partial charge in [-0.25, -0.2) is 0 Å². The summed E-state index contributed by atoms with van der Waals surface area (Å²) in [6.07, 6.45) is 0.862. The van der Waals surface area contributed by atoms with Crippen LogP contribution in [0.2, 0.25) is 0 Å². The van der Waals surface area contributed by atoms with Crippen molar-refractivity contribution in [2.75, 3.05) is 23.7 Å². The zero-order valence-electron chi connectivity index (χ0n) is 15.7. The fraction of sp³-hybridized carbons (Fsp3) is 0.333. The molecular formula is C21H27N3O2. The van der Waals surface area contributed by atoms with Gasteiger partial charge in [-0.1, -0.05) is 42.8 Å². The van der Waals surface area contributed by atoms with Crippen molar-refractivity contribution in [2.24, 2.45) is 0 Å². The summed E-state index contributed by atoms with van der Waals surface area (Å²) in [6.45, 7) is 6.71. The van der Waals surface area contributed by atoms with E-state index >= 15 is 0 Å². The van der Waals surface area contributed by atoms with Crippen molar-refractivity contribution in [1.82, 2.24) is 4.90 Å². The van der Waals surface area contributed by atoms with Gasteiger partial charge in [0.1, 0.15) is 0 Å². The van der Waals surface area contributed by atoms with E-state index in [0.29, 0.717) is 6.54 Å². The molecule has 0 aliphatic heterocycles. The number of hydrogen-bond donors (Lipinski definition) is 2. The second-order valence-electron chi connectivity index (χ2n) is 6.42. The summed E-state index contributed by atoms with van der Waals surface area (Å²) in [4.78, 5) is 26.8. The quantitative estimate of drug-likeness (QED) is 0.761. The van der Waals surface area contributed by atoms with E-state index in [1.165, 1.54) is 0 Å². The minimum Gasteiger partial charge on any atom is -0.325 e. The maximum atomic E-state index is 12.5. The van der Waals surface area contributed by atoms with Crippen LogP contribution in [0.4, 0.5) is 11.4 Å². The molecule has 0 spiro atoms. The van der Waals surface area contributed by atoms with Gasteiger partial charge < -0.3 is 10.6 Å². The van der Waals surface area contributed by atoms with Gasteiger partial charge >= 0.3 is 0 Å². The Morgan fingerprint density at radius 1 is 0.962 bits per heavy atom. The Balaban J connectivity index is 1.96. The number of aryl methyl sites for hydroxylation is 1. The van der Waals surface area contributed by atoms with Crippen LogP contribution < -0.4 is 10.6 Å². The van der Waals surface area contributed by atoms with E-state index in [9.17, 15) is 9.59 Å². The van der Waals surface area contributed by atoms with Crippen LogP contribution in [0.25, 0.3) is 0 Å². The largest absolute Gasteiger partial charge is 0.325 e. The molecule has 0 bridgehead atoms. The first-order valence-corrected chi connectivity index (χ1v) is 8.96. The van der Waals surface area contributed by atoms with Gasteiger partial charge in [-0.3, -0.25) is 14.5 Å². The van der Waals surface area contributed by atoms with Crippen LogP contribution in [0.15, 0.2) is 54.6 Å². The van der Waals surface area contributed by atoms with E-state index < -0.39 is 6.04 Å². The average Bonchev–Trinajstić information content (AvgIpc) is 2.63. The van der Waals surface area contributed by atoms with Gasteiger partial charge in [-0.2, -0.15) is 0 Å². The summed E-state index contributed by atoms with van der Waals surface area (Å²) in [6, 6.07) is 16.6. The Hall–Kier alpha value is -2.66. The van der Waals surface area contributed by atoms with E-state index in [1.54, 1.807) is 0 Å². The van der Waals surface area contributed by atoms with Crippen molar-refractivity contribution < 1.29 is 9.59 Å². The summed E-state index contributed by atoms with van der Waals surface area (Å²) in [5.41, 5.74) is 2.66. The third-order valence-corrected chi connectivity index (χ3v) is 4.16. The molecule has 2 rings (SSSR count).